The number of rotatable bonds is 3. The third kappa shape index (κ3) is 2.63. The van der Waals surface area contributed by atoms with E-state index in [-0.39, 0.29) is 12.2 Å². The molecule has 0 aliphatic rings. The van der Waals surface area contributed by atoms with Crippen molar-refractivity contribution in [1.29, 1.82) is 0 Å². The Morgan fingerprint density at radius 3 is 2.47 bits per heavy atom. The van der Waals surface area contributed by atoms with E-state index >= 15 is 0 Å². The van der Waals surface area contributed by atoms with Crippen LogP contribution in [0.5, 0.6) is 0 Å². The zero-order valence-electron chi connectivity index (χ0n) is 8.51. The molecule has 0 atom stereocenters. The smallest absolute Gasteiger partial charge is 0.261 e. The monoisotopic (exact) mass is 239 g/mol. The fraction of sp³-hybridized carbons (Fsp3) is 0.100. The third-order valence-corrected chi connectivity index (χ3v) is 2.10. The van der Waals surface area contributed by atoms with Crippen LogP contribution in [0, 0.1) is 21.7 Å². The Hall–Kier alpha value is -2.31. The Bertz CT molecular complexity index is 548. The van der Waals surface area contributed by atoms with Gasteiger partial charge in [0.25, 0.3) is 0 Å². The van der Waals surface area contributed by atoms with Gasteiger partial charge in [-0.3, -0.25) is 14.8 Å². The maximum absolute atomic E-state index is 12.9. The Balaban J connectivity index is 2.22. The molecule has 88 valence electrons. The number of benzene rings is 1. The predicted octanol–water partition coefficient (Wildman–Crippen LogP) is 2.12. The summed E-state index contributed by atoms with van der Waals surface area (Å²) in [6, 6.07) is 3.06. The van der Waals surface area contributed by atoms with Gasteiger partial charge >= 0.3 is 5.69 Å². The lowest BCUT2D eigenvalue weighted by Crippen LogP contribution is -2.01. The zero-order chi connectivity index (χ0) is 12.4. The quantitative estimate of drug-likeness (QED) is 0.608. The van der Waals surface area contributed by atoms with Gasteiger partial charge in [0, 0.05) is 6.07 Å². The van der Waals surface area contributed by atoms with E-state index in [1.54, 1.807) is 0 Å². The van der Waals surface area contributed by atoms with E-state index in [0.29, 0.717) is 5.56 Å². The van der Waals surface area contributed by atoms with Gasteiger partial charge in [0.1, 0.15) is 24.0 Å². The Morgan fingerprint density at radius 1 is 1.29 bits per heavy atom. The number of halogens is 2. The van der Waals surface area contributed by atoms with Crippen molar-refractivity contribution in [1.82, 2.24) is 9.78 Å². The average molecular weight is 239 g/mol. The van der Waals surface area contributed by atoms with E-state index in [0.717, 1.165) is 24.4 Å². The van der Waals surface area contributed by atoms with Crippen molar-refractivity contribution in [2.45, 2.75) is 6.54 Å². The molecule has 0 saturated heterocycles. The average Bonchev–Trinajstić information content (AvgIpc) is 2.64. The molecule has 0 amide bonds. The van der Waals surface area contributed by atoms with Crippen LogP contribution in [0.25, 0.3) is 0 Å². The number of hydrogen-bond donors (Lipinski definition) is 0. The highest BCUT2D eigenvalue weighted by molar-refractivity contribution is 5.23. The molecule has 0 fully saturated rings. The van der Waals surface area contributed by atoms with Crippen molar-refractivity contribution in [2.75, 3.05) is 0 Å². The first-order valence-corrected chi connectivity index (χ1v) is 4.66. The normalized spacial score (nSPS) is 10.5. The van der Waals surface area contributed by atoms with Crippen molar-refractivity contribution in [3.05, 3.63) is 57.9 Å². The molecule has 1 aromatic carbocycles. The van der Waals surface area contributed by atoms with Gasteiger partial charge < -0.3 is 0 Å². The Kier molecular flexibility index (Phi) is 2.82. The van der Waals surface area contributed by atoms with E-state index in [4.69, 9.17) is 0 Å². The molecular weight excluding hydrogens is 232 g/mol. The second-order valence-electron chi connectivity index (χ2n) is 3.43. The number of nitrogens with zero attached hydrogens (tertiary/aromatic N) is 3. The lowest BCUT2D eigenvalue weighted by molar-refractivity contribution is -0.385. The summed E-state index contributed by atoms with van der Waals surface area (Å²) in [5.41, 5.74) is 0.183. The molecule has 0 radical (unpaired) electrons. The SMILES string of the molecule is O=[N+]([O-])c1cnn(Cc2cc(F)cc(F)c2)c1. The van der Waals surface area contributed by atoms with Crippen LogP contribution in [0.15, 0.2) is 30.6 Å². The largest absolute Gasteiger partial charge is 0.307 e. The zero-order valence-corrected chi connectivity index (χ0v) is 8.51. The van der Waals surface area contributed by atoms with Gasteiger partial charge in [-0.05, 0) is 17.7 Å². The first-order valence-electron chi connectivity index (χ1n) is 4.66. The minimum Gasteiger partial charge on any atom is -0.261 e. The van der Waals surface area contributed by atoms with Gasteiger partial charge in [-0.1, -0.05) is 0 Å². The van der Waals surface area contributed by atoms with Gasteiger partial charge in [0.2, 0.25) is 0 Å². The summed E-state index contributed by atoms with van der Waals surface area (Å²) < 4.78 is 27.0. The second-order valence-corrected chi connectivity index (χ2v) is 3.43. The van der Waals surface area contributed by atoms with Crippen molar-refractivity contribution in [3.63, 3.8) is 0 Å². The molecule has 2 rings (SSSR count). The number of nitro groups is 1. The molecule has 0 spiro atoms. The number of hydrogen-bond acceptors (Lipinski definition) is 3. The van der Waals surface area contributed by atoms with Crippen molar-refractivity contribution < 1.29 is 13.7 Å². The van der Waals surface area contributed by atoms with Gasteiger partial charge in [-0.15, -0.1) is 0 Å². The lowest BCUT2D eigenvalue weighted by atomic mass is 10.2. The summed E-state index contributed by atoms with van der Waals surface area (Å²) in [4.78, 5) is 9.82. The van der Waals surface area contributed by atoms with Crippen LogP contribution >= 0.6 is 0 Å². The van der Waals surface area contributed by atoms with Gasteiger partial charge in [0.05, 0.1) is 11.5 Å². The minimum atomic E-state index is -0.693. The molecule has 0 aliphatic heterocycles. The molecule has 5 nitrogen and oxygen atoms in total. The molecule has 1 aromatic heterocycles. The first-order chi connectivity index (χ1) is 8.04. The van der Waals surface area contributed by atoms with Crippen molar-refractivity contribution in [2.24, 2.45) is 0 Å². The summed E-state index contributed by atoms with van der Waals surface area (Å²) in [5.74, 6) is -1.39. The fourth-order valence-electron chi connectivity index (χ4n) is 1.42. The summed E-state index contributed by atoms with van der Waals surface area (Å²) in [6.07, 6.45) is 2.28. The molecule has 1 heterocycles. The van der Waals surface area contributed by atoms with Crippen LogP contribution in [0.2, 0.25) is 0 Å². The molecule has 0 unspecified atom stereocenters. The van der Waals surface area contributed by atoms with Gasteiger partial charge in [0.15, 0.2) is 0 Å². The van der Waals surface area contributed by atoms with Crippen molar-refractivity contribution in [3.8, 4) is 0 Å². The minimum absolute atomic E-state index is 0.0719. The lowest BCUT2D eigenvalue weighted by Gasteiger charge is -2.01. The van der Waals surface area contributed by atoms with Gasteiger partial charge in [-0.25, -0.2) is 8.78 Å². The van der Waals surface area contributed by atoms with E-state index in [1.807, 2.05) is 0 Å². The molecule has 7 heteroatoms. The molecule has 0 bridgehead atoms. The van der Waals surface area contributed by atoms with Crippen LogP contribution in [0.3, 0.4) is 0 Å². The molecule has 0 saturated carbocycles. The molecule has 2 aromatic rings. The van der Waals surface area contributed by atoms with E-state index in [1.165, 1.54) is 10.9 Å². The molecule has 0 aliphatic carbocycles. The summed E-state index contributed by atoms with van der Waals surface area (Å²) in [5, 5.41) is 14.1. The standard InChI is InChI=1S/C10H7F2N3O2/c11-8-1-7(2-9(12)3-8)5-14-6-10(4-13-14)15(16)17/h1-4,6H,5H2. The van der Waals surface area contributed by atoms with E-state index < -0.39 is 16.6 Å². The highest BCUT2D eigenvalue weighted by Gasteiger charge is 2.09. The van der Waals surface area contributed by atoms with E-state index in [9.17, 15) is 18.9 Å². The van der Waals surface area contributed by atoms with Crippen LogP contribution in [-0.4, -0.2) is 14.7 Å². The predicted molar refractivity (Wildman–Crippen MR) is 54.3 cm³/mol. The highest BCUT2D eigenvalue weighted by atomic mass is 19.1. The van der Waals surface area contributed by atoms with Crippen LogP contribution in [-0.2, 0) is 6.54 Å². The summed E-state index contributed by atoms with van der Waals surface area (Å²) >= 11 is 0. The third-order valence-electron chi connectivity index (χ3n) is 2.10. The Labute approximate surface area is 94.4 Å². The highest BCUT2D eigenvalue weighted by Crippen LogP contribution is 2.12. The molecule has 17 heavy (non-hydrogen) atoms. The number of aromatic nitrogens is 2. The van der Waals surface area contributed by atoms with Crippen molar-refractivity contribution >= 4 is 5.69 Å². The van der Waals surface area contributed by atoms with E-state index in [2.05, 4.69) is 5.10 Å². The van der Waals surface area contributed by atoms with Gasteiger partial charge in [-0.2, -0.15) is 5.10 Å². The molecule has 0 N–H and O–H groups in total. The Morgan fingerprint density at radius 2 is 1.94 bits per heavy atom. The molecular formula is C10H7F2N3O2. The summed E-state index contributed by atoms with van der Waals surface area (Å²) in [6.45, 7) is 0.0719. The fourth-order valence-corrected chi connectivity index (χ4v) is 1.42. The maximum atomic E-state index is 12.9. The topological polar surface area (TPSA) is 61.0 Å². The first kappa shape index (κ1) is 11.2. The van der Waals surface area contributed by atoms with Crippen LogP contribution < -0.4 is 0 Å². The second kappa shape index (κ2) is 4.28. The summed E-state index contributed by atoms with van der Waals surface area (Å²) in [7, 11) is 0. The van der Waals surface area contributed by atoms with Crippen LogP contribution in [0.4, 0.5) is 14.5 Å². The van der Waals surface area contributed by atoms with Crippen LogP contribution in [0.1, 0.15) is 5.56 Å². The maximum Gasteiger partial charge on any atom is 0.307 e.